The maximum Gasteiger partial charge on any atom is 0.343 e. The minimum absolute atomic E-state index is 0.0373. The summed E-state index contributed by atoms with van der Waals surface area (Å²) in [6, 6.07) is 16.1. The average Bonchev–Trinajstić information content (AvgIpc) is 3.09. The van der Waals surface area contributed by atoms with Crippen molar-refractivity contribution in [3.63, 3.8) is 0 Å². The van der Waals surface area contributed by atoms with Crippen LogP contribution in [0.4, 0.5) is 0 Å². The van der Waals surface area contributed by atoms with Gasteiger partial charge in [-0.2, -0.15) is 0 Å². The zero-order valence-corrected chi connectivity index (χ0v) is 26.3. The van der Waals surface area contributed by atoms with E-state index in [1.807, 2.05) is 0 Å². The first-order valence-electron chi connectivity index (χ1n) is 14.9. The molecule has 0 unspecified atom stereocenters. The lowest BCUT2D eigenvalue weighted by Crippen LogP contribution is -2.48. The van der Waals surface area contributed by atoms with Crippen molar-refractivity contribution in [3.05, 3.63) is 89.7 Å². The van der Waals surface area contributed by atoms with Crippen LogP contribution in [0, 0.1) is 17.8 Å². The van der Waals surface area contributed by atoms with E-state index in [0.717, 1.165) is 0 Å². The number of carbonyl (C=O) groups is 7. The summed E-state index contributed by atoms with van der Waals surface area (Å²) in [5, 5.41) is 2.33. The lowest BCUT2D eigenvalue weighted by Gasteiger charge is -2.29. The van der Waals surface area contributed by atoms with Crippen LogP contribution in [-0.2, 0) is 35.1 Å². The molecule has 12 nitrogen and oxygen atoms in total. The molecule has 244 valence electrons. The van der Waals surface area contributed by atoms with Crippen LogP contribution in [-0.4, -0.2) is 65.2 Å². The third-order valence-electron chi connectivity index (χ3n) is 7.70. The van der Waals surface area contributed by atoms with Gasteiger partial charge in [-0.1, -0.05) is 69.3 Å². The number of hydrogen-bond donors (Lipinski definition) is 1. The van der Waals surface area contributed by atoms with Gasteiger partial charge in [0.1, 0.15) is 12.1 Å². The number of nitrogens with one attached hydrogen (secondary N) is 1. The van der Waals surface area contributed by atoms with Crippen molar-refractivity contribution in [2.45, 2.75) is 45.8 Å². The van der Waals surface area contributed by atoms with Crippen LogP contribution in [0.3, 0.4) is 0 Å². The number of hydrogen-bond acceptors (Lipinski definition) is 11. The van der Waals surface area contributed by atoms with E-state index in [4.69, 9.17) is 14.2 Å². The molecule has 3 aromatic rings. The third kappa shape index (κ3) is 8.01. The smallest absolute Gasteiger partial charge is 0.343 e. The topological polar surface area (TPSA) is 172 Å². The van der Waals surface area contributed by atoms with Gasteiger partial charge in [0.25, 0.3) is 5.91 Å². The van der Waals surface area contributed by atoms with Crippen molar-refractivity contribution in [2.75, 3.05) is 7.11 Å². The number of nitrogens with zero attached hydrogens (tertiary/aromatic N) is 1. The molecule has 1 saturated carbocycles. The Morgan fingerprint density at radius 2 is 1.53 bits per heavy atom. The Balaban J connectivity index is 1.68. The van der Waals surface area contributed by atoms with Crippen LogP contribution in [0.2, 0.25) is 0 Å². The van der Waals surface area contributed by atoms with E-state index in [-0.39, 0.29) is 23.5 Å². The standard InChI is InChI=1S/C35H34N2O10/c1-19(2)34(43)46-31-20(3)28(39)30(41)24(18-25(38)29(40)23(31)17-21-11-7-5-8-12-21)37-33(42)27-32(26(45-4)15-16-36-27)47-35(44)22-13-9-6-10-14-22/h5-16,19-20,23-24,31H,17-18H2,1-4H3,(H,37,42)/t20-,23+,24+,31-/m1/s1. The molecule has 1 aliphatic carbocycles. The van der Waals surface area contributed by atoms with Crippen LogP contribution in [0.15, 0.2) is 72.9 Å². The summed E-state index contributed by atoms with van der Waals surface area (Å²) < 4.78 is 16.4. The van der Waals surface area contributed by atoms with E-state index >= 15 is 0 Å². The summed E-state index contributed by atoms with van der Waals surface area (Å²) in [6.45, 7) is 4.47. The van der Waals surface area contributed by atoms with Crippen LogP contribution < -0.4 is 14.8 Å². The van der Waals surface area contributed by atoms with Gasteiger partial charge in [0.05, 0.1) is 30.4 Å². The average molecular weight is 643 g/mol. The summed E-state index contributed by atoms with van der Waals surface area (Å²) >= 11 is 0. The van der Waals surface area contributed by atoms with Gasteiger partial charge < -0.3 is 19.5 Å². The first-order valence-corrected chi connectivity index (χ1v) is 14.9. The number of methoxy groups -OCH3 is 1. The fourth-order valence-corrected chi connectivity index (χ4v) is 5.08. The molecule has 1 aliphatic rings. The molecule has 0 radical (unpaired) electrons. The largest absolute Gasteiger partial charge is 0.493 e. The molecule has 0 saturated heterocycles. The number of ether oxygens (including phenoxy) is 3. The second kappa shape index (κ2) is 15.2. The summed E-state index contributed by atoms with van der Waals surface area (Å²) in [5.74, 6) is -10.5. The summed E-state index contributed by atoms with van der Waals surface area (Å²) in [5.41, 5.74) is 0.324. The van der Waals surface area contributed by atoms with Crippen LogP contribution in [0.1, 0.15) is 53.6 Å². The van der Waals surface area contributed by atoms with Crippen molar-refractivity contribution in [1.82, 2.24) is 10.3 Å². The van der Waals surface area contributed by atoms with Crippen LogP contribution >= 0.6 is 0 Å². The van der Waals surface area contributed by atoms with E-state index in [0.29, 0.717) is 5.56 Å². The number of aromatic nitrogens is 1. The molecule has 2 aromatic carbocycles. The number of rotatable bonds is 9. The van der Waals surface area contributed by atoms with Crippen molar-refractivity contribution < 1.29 is 47.8 Å². The van der Waals surface area contributed by atoms with Crippen molar-refractivity contribution in [3.8, 4) is 11.5 Å². The predicted octanol–water partition coefficient (Wildman–Crippen LogP) is 3.15. The fourth-order valence-electron chi connectivity index (χ4n) is 5.08. The van der Waals surface area contributed by atoms with Gasteiger partial charge in [0.2, 0.25) is 28.9 Å². The fraction of sp³-hybridized carbons (Fsp3) is 0.314. The molecule has 1 heterocycles. The van der Waals surface area contributed by atoms with E-state index in [2.05, 4.69) is 10.3 Å². The number of Topliss-reactive ketones (excluding diaryl/α,β-unsaturated/α-hetero) is 4. The van der Waals surface area contributed by atoms with Crippen molar-refractivity contribution in [1.29, 1.82) is 0 Å². The van der Waals surface area contributed by atoms with E-state index in [9.17, 15) is 33.6 Å². The van der Waals surface area contributed by atoms with E-state index < -0.39 is 83.0 Å². The molecule has 4 atom stereocenters. The Morgan fingerprint density at radius 1 is 0.894 bits per heavy atom. The summed E-state index contributed by atoms with van der Waals surface area (Å²) in [4.78, 5) is 97.4. The van der Waals surface area contributed by atoms with Crippen LogP contribution in [0.5, 0.6) is 11.5 Å². The van der Waals surface area contributed by atoms with Gasteiger partial charge in [0.15, 0.2) is 11.4 Å². The normalized spacial score (nSPS) is 20.1. The van der Waals surface area contributed by atoms with Gasteiger partial charge in [-0.15, -0.1) is 0 Å². The number of amides is 1. The number of pyridine rings is 1. The second-order valence-electron chi connectivity index (χ2n) is 11.3. The van der Waals surface area contributed by atoms with Crippen LogP contribution in [0.25, 0.3) is 0 Å². The molecular formula is C35H34N2O10. The molecule has 1 N–H and O–H groups in total. The second-order valence-corrected chi connectivity index (χ2v) is 11.3. The van der Waals surface area contributed by atoms with E-state index in [1.165, 1.54) is 38.4 Å². The Labute approximate surface area is 270 Å². The van der Waals surface area contributed by atoms with Gasteiger partial charge in [0, 0.05) is 18.7 Å². The monoisotopic (exact) mass is 642 g/mol. The summed E-state index contributed by atoms with van der Waals surface area (Å²) in [6.07, 6.45) is -1.13. The zero-order valence-electron chi connectivity index (χ0n) is 26.3. The molecule has 4 rings (SSSR count). The molecule has 12 heteroatoms. The molecule has 47 heavy (non-hydrogen) atoms. The lowest BCUT2D eigenvalue weighted by molar-refractivity contribution is -0.163. The molecular weight excluding hydrogens is 608 g/mol. The molecule has 0 aliphatic heterocycles. The number of esters is 2. The minimum atomic E-state index is -1.78. The number of benzene rings is 2. The highest BCUT2D eigenvalue weighted by molar-refractivity contribution is 6.44. The quantitative estimate of drug-likeness (QED) is 0.268. The molecule has 0 spiro atoms. The molecule has 1 amide bonds. The maximum absolute atomic E-state index is 13.7. The Morgan fingerprint density at radius 3 is 2.15 bits per heavy atom. The number of carbonyl (C=O) groups excluding carboxylic acids is 7. The lowest BCUT2D eigenvalue weighted by atomic mass is 9.81. The Kier molecular flexibility index (Phi) is 11.1. The Bertz CT molecular complexity index is 1690. The first kappa shape index (κ1) is 34.4. The molecule has 1 fully saturated rings. The Hall–Kier alpha value is -5.52. The first-order chi connectivity index (χ1) is 22.4. The van der Waals surface area contributed by atoms with E-state index in [1.54, 1.807) is 62.4 Å². The highest BCUT2D eigenvalue weighted by Crippen LogP contribution is 2.31. The third-order valence-corrected chi connectivity index (χ3v) is 7.70. The highest BCUT2D eigenvalue weighted by Gasteiger charge is 2.46. The zero-order chi connectivity index (χ0) is 34.2. The van der Waals surface area contributed by atoms with Gasteiger partial charge in [-0.3, -0.25) is 28.8 Å². The molecule has 0 bridgehead atoms. The van der Waals surface area contributed by atoms with Gasteiger partial charge >= 0.3 is 11.9 Å². The minimum Gasteiger partial charge on any atom is -0.493 e. The SMILES string of the molecule is COc1ccnc(C(=O)N[C@H]2CC(=O)C(=O)[C@H](Cc3ccccc3)[C@H](OC(=O)C(C)C)[C@H](C)C(=O)C2=O)c1OC(=O)c1ccccc1. The van der Waals surface area contributed by atoms with Gasteiger partial charge in [-0.25, -0.2) is 9.78 Å². The van der Waals surface area contributed by atoms with Crippen molar-refractivity contribution >= 4 is 41.0 Å². The van der Waals surface area contributed by atoms with Gasteiger partial charge in [-0.05, 0) is 24.1 Å². The highest BCUT2D eigenvalue weighted by atomic mass is 16.6. The van der Waals surface area contributed by atoms with Crippen molar-refractivity contribution in [2.24, 2.45) is 17.8 Å². The molecule has 1 aromatic heterocycles. The maximum atomic E-state index is 13.7. The predicted molar refractivity (Wildman–Crippen MR) is 166 cm³/mol. The number of ketones is 4. The summed E-state index contributed by atoms with van der Waals surface area (Å²) in [7, 11) is 1.28.